The molecule has 0 aliphatic heterocycles. The summed E-state index contributed by atoms with van der Waals surface area (Å²) in [7, 11) is 0. The second-order valence-electron chi connectivity index (χ2n) is 3.02. The molecule has 6 heteroatoms. The van der Waals surface area contributed by atoms with Gasteiger partial charge in [0, 0.05) is 12.1 Å². The highest BCUT2D eigenvalue weighted by atomic mass is 16.8. The second kappa shape index (κ2) is 4.59. The summed E-state index contributed by atoms with van der Waals surface area (Å²) in [5, 5.41) is 18.3. The molecular weight excluding hydrogens is 202 g/mol. The van der Waals surface area contributed by atoms with Crippen molar-refractivity contribution in [2.45, 2.75) is 26.4 Å². The Morgan fingerprint density at radius 3 is 2.47 bits per heavy atom. The summed E-state index contributed by atoms with van der Waals surface area (Å²) in [5.41, 5.74) is 0. The van der Waals surface area contributed by atoms with Crippen LogP contribution in [0.15, 0.2) is 12.1 Å². The van der Waals surface area contributed by atoms with Crippen LogP contribution in [0.1, 0.15) is 20.3 Å². The van der Waals surface area contributed by atoms with Gasteiger partial charge in [0.15, 0.2) is 0 Å². The summed E-state index contributed by atoms with van der Waals surface area (Å²) in [5.74, 6) is -0.762. The first kappa shape index (κ1) is 11.2. The van der Waals surface area contributed by atoms with E-state index in [9.17, 15) is 4.79 Å². The van der Waals surface area contributed by atoms with Crippen LogP contribution >= 0.6 is 0 Å². The third kappa shape index (κ3) is 2.80. The van der Waals surface area contributed by atoms with Crippen LogP contribution in [0, 0.1) is 0 Å². The van der Waals surface area contributed by atoms with E-state index < -0.39 is 6.16 Å². The molecule has 0 amide bonds. The van der Waals surface area contributed by atoms with Gasteiger partial charge in [0.25, 0.3) is 0 Å². The lowest BCUT2D eigenvalue weighted by atomic mass is 10.3. The number of rotatable bonds is 3. The minimum Gasteiger partial charge on any atom is -0.492 e. The van der Waals surface area contributed by atoms with Crippen molar-refractivity contribution in [3.8, 4) is 11.8 Å². The first-order chi connectivity index (χ1) is 7.04. The molecule has 84 valence electrons. The van der Waals surface area contributed by atoms with Crippen molar-refractivity contribution in [3.63, 3.8) is 0 Å². The number of carbonyl (C=O) groups is 1. The zero-order valence-corrected chi connectivity index (χ0v) is 8.51. The number of aromatic nitrogens is 1. The molecule has 1 unspecified atom stereocenters. The molecule has 1 atom stereocenters. The minimum atomic E-state index is -0.980. The fourth-order valence-corrected chi connectivity index (χ4v) is 0.839. The molecule has 0 saturated carbocycles. The molecule has 1 aromatic heterocycles. The molecule has 1 rings (SSSR count). The van der Waals surface area contributed by atoms with Crippen LogP contribution < -0.4 is 4.84 Å². The molecule has 15 heavy (non-hydrogen) atoms. The molecular formula is C9H13NO5. The van der Waals surface area contributed by atoms with E-state index in [1.807, 2.05) is 6.92 Å². The number of aromatic hydroxyl groups is 2. The average Bonchev–Trinajstić information content (AvgIpc) is 2.49. The van der Waals surface area contributed by atoms with Gasteiger partial charge >= 0.3 is 6.16 Å². The molecule has 0 aliphatic rings. The van der Waals surface area contributed by atoms with Crippen molar-refractivity contribution < 1.29 is 24.6 Å². The first-order valence-corrected chi connectivity index (χ1v) is 4.53. The van der Waals surface area contributed by atoms with E-state index in [1.165, 1.54) is 12.1 Å². The van der Waals surface area contributed by atoms with Crippen molar-refractivity contribution >= 4 is 6.16 Å². The van der Waals surface area contributed by atoms with Gasteiger partial charge in [-0.15, -0.1) is 4.73 Å². The van der Waals surface area contributed by atoms with E-state index in [0.717, 1.165) is 0 Å². The topological polar surface area (TPSA) is 80.9 Å². The maximum atomic E-state index is 11.1. The Hall–Kier alpha value is -1.85. The SMILES string of the molecule is CCC(C)OC(=O)On1c(O)ccc1O. The number of carbonyl (C=O) groups excluding carboxylic acids is 1. The van der Waals surface area contributed by atoms with Crippen LogP contribution in [-0.2, 0) is 4.74 Å². The maximum Gasteiger partial charge on any atom is 0.534 e. The van der Waals surface area contributed by atoms with E-state index in [2.05, 4.69) is 4.84 Å². The predicted molar refractivity (Wildman–Crippen MR) is 50.6 cm³/mol. The molecule has 1 aromatic rings. The molecule has 0 aliphatic carbocycles. The highest BCUT2D eigenvalue weighted by molar-refractivity contribution is 5.60. The fraction of sp³-hybridized carbons (Fsp3) is 0.444. The van der Waals surface area contributed by atoms with Gasteiger partial charge in [-0.25, -0.2) is 4.79 Å². The van der Waals surface area contributed by atoms with Gasteiger partial charge in [-0.1, -0.05) is 6.92 Å². The van der Waals surface area contributed by atoms with Gasteiger partial charge in [0.2, 0.25) is 11.8 Å². The van der Waals surface area contributed by atoms with Gasteiger partial charge < -0.3 is 14.9 Å². The fourth-order valence-electron chi connectivity index (χ4n) is 0.839. The quantitative estimate of drug-likeness (QED) is 0.742. The molecule has 6 nitrogen and oxygen atoms in total. The molecule has 0 fully saturated rings. The van der Waals surface area contributed by atoms with Crippen LogP contribution in [-0.4, -0.2) is 27.2 Å². The van der Waals surface area contributed by atoms with Crippen molar-refractivity contribution in [2.75, 3.05) is 0 Å². The second-order valence-corrected chi connectivity index (χ2v) is 3.02. The van der Waals surface area contributed by atoms with Gasteiger partial charge in [-0.05, 0) is 13.3 Å². The van der Waals surface area contributed by atoms with Crippen LogP contribution in [0.3, 0.4) is 0 Å². The number of nitrogens with zero attached hydrogens (tertiary/aromatic N) is 1. The zero-order valence-electron chi connectivity index (χ0n) is 8.51. The van der Waals surface area contributed by atoms with E-state index in [4.69, 9.17) is 14.9 Å². The van der Waals surface area contributed by atoms with Crippen LogP contribution in [0.25, 0.3) is 0 Å². The van der Waals surface area contributed by atoms with Gasteiger partial charge in [-0.3, -0.25) is 4.84 Å². The van der Waals surface area contributed by atoms with Gasteiger partial charge in [-0.2, -0.15) is 0 Å². The van der Waals surface area contributed by atoms with E-state index in [1.54, 1.807) is 6.92 Å². The highest BCUT2D eigenvalue weighted by Gasteiger charge is 2.14. The first-order valence-electron chi connectivity index (χ1n) is 4.53. The summed E-state index contributed by atoms with van der Waals surface area (Å²) in [4.78, 5) is 15.6. The average molecular weight is 215 g/mol. The smallest absolute Gasteiger partial charge is 0.492 e. The highest BCUT2D eigenvalue weighted by Crippen LogP contribution is 2.18. The van der Waals surface area contributed by atoms with Crippen molar-refractivity contribution in [1.82, 2.24) is 4.73 Å². The van der Waals surface area contributed by atoms with E-state index >= 15 is 0 Å². The van der Waals surface area contributed by atoms with E-state index in [0.29, 0.717) is 11.2 Å². The third-order valence-corrected chi connectivity index (χ3v) is 1.84. The molecule has 2 N–H and O–H groups in total. The summed E-state index contributed by atoms with van der Waals surface area (Å²) in [6.45, 7) is 3.55. The lowest BCUT2D eigenvalue weighted by molar-refractivity contribution is 0.0132. The van der Waals surface area contributed by atoms with Gasteiger partial charge in [0.05, 0.1) is 0 Å². The van der Waals surface area contributed by atoms with E-state index in [-0.39, 0.29) is 17.9 Å². The predicted octanol–water partition coefficient (Wildman–Crippen LogP) is 1.26. The molecule has 0 saturated heterocycles. The Morgan fingerprint density at radius 1 is 1.47 bits per heavy atom. The largest absolute Gasteiger partial charge is 0.534 e. The summed E-state index contributed by atoms with van der Waals surface area (Å²) in [6, 6.07) is 2.37. The summed E-state index contributed by atoms with van der Waals surface area (Å²) >= 11 is 0. The number of hydrogen-bond donors (Lipinski definition) is 2. The number of ether oxygens (including phenoxy) is 1. The lowest BCUT2D eigenvalue weighted by Crippen LogP contribution is -2.23. The van der Waals surface area contributed by atoms with Gasteiger partial charge in [0.1, 0.15) is 6.10 Å². The Kier molecular flexibility index (Phi) is 3.43. The molecule has 0 spiro atoms. The maximum absolute atomic E-state index is 11.1. The van der Waals surface area contributed by atoms with Crippen molar-refractivity contribution in [1.29, 1.82) is 0 Å². The Balaban J connectivity index is 2.59. The molecule has 1 heterocycles. The molecule has 0 bridgehead atoms. The van der Waals surface area contributed by atoms with Crippen LogP contribution in [0.4, 0.5) is 4.79 Å². The summed E-state index contributed by atoms with van der Waals surface area (Å²) in [6.07, 6.45) is -0.609. The zero-order chi connectivity index (χ0) is 11.4. The lowest BCUT2D eigenvalue weighted by Gasteiger charge is -2.11. The minimum absolute atomic E-state index is 0.280. The van der Waals surface area contributed by atoms with Crippen LogP contribution in [0.5, 0.6) is 11.8 Å². The summed E-state index contributed by atoms with van der Waals surface area (Å²) < 4.78 is 5.35. The normalized spacial score (nSPS) is 12.1. The molecule has 0 radical (unpaired) electrons. The van der Waals surface area contributed by atoms with Crippen molar-refractivity contribution in [2.24, 2.45) is 0 Å². The van der Waals surface area contributed by atoms with Crippen LogP contribution in [0.2, 0.25) is 0 Å². The monoisotopic (exact) mass is 215 g/mol. The Morgan fingerprint density at radius 2 is 2.00 bits per heavy atom. The van der Waals surface area contributed by atoms with Crippen molar-refractivity contribution in [3.05, 3.63) is 12.1 Å². The number of hydrogen-bond acceptors (Lipinski definition) is 5. The Bertz CT molecular complexity index is 327. The Labute approximate surface area is 86.6 Å². The standard InChI is InChI=1S/C9H13NO5/c1-3-6(2)14-9(13)15-10-7(11)4-5-8(10)12/h4-6,11-12H,3H2,1-2H3. The third-order valence-electron chi connectivity index (χ3n) is 1.84. The molecule has 0 aromatic carbocycles.